The van der Waals surface area contributed by atoms with Crippen LogP contribution in [-0.2, 0) is 16.1 Å². The highest BCUT2D eigenvalue weighted by Crippen LogP contribution is 2.15. The molecule has 1 aliphatic heterocycles. The number of aromatic nitrogens is 2. The molecule has 0 aromatic carbocycles. The van der Waals surface area contributed by atoms with Gasteiger partial charge in [0.2, 0.25) is 5.91 Å². The maximum absolute atomic E-state index is 12.0. The maximum atomic E-state index is 12.0. The van der Waals surface area contributed by atoms with Crippen molar-refractivity contribution in [2.75, 3.05) is 25.0 Å². The van der Waals surface area contributed by atoms with Crippen LogP contribution in [0.2, 0.25) is 0 Å². The second-order valence-corrected chi connectivity index (χ2v) is 5.28. The van der Waals surface area contributed by atoms with Gasteiger partial charge in [-0.05, 0) is 19.4 Å². The molecule has 1 aromatic rings. The first-order chi connectivity index (χ1) is 9.69. The highest BCUT2D eigenvalue weighted by atomic mass is 16.5. The highest BCUT2D eigenvalue weighted by Gasteiger charge is 2.17. The molecular formula is C14H24N4O2. The van der Waals surface area contributed by atoms with Gasteiger partial charge in [-0.25, -0.2) is 0 Å². The Morgan fingerprint density at radius 2 is 2.50 bits per heavy atom. The minimum Gasteiger partial charge on any atom is -0.376 e. The van der Waals surface area contributed by atoms with Crippen molar-refractivity contribution in [3.8, 4) is 0 Å². The molecule has 2 atom stereocenters. The topological polar surface area (TPSA) is 68.2 Å². The SMILES string of the molecule is CCNCC(C)C(=O)Nc1cnn(CC2CCCO2)c1. The minimum absolute atomic E-state index is 0.0163. The normalized spacial score (nSPS) is 20.0. The Morgan fingerprint density at radius 1 is 1.65 bits per heavy atom. The number of nitrogens with one attached hydrogen (secondary N) is 2. The summed E-state index contributed by atoms with van der Waals surface area (Å²) in [7, 11) is 0. The van der Waals surface area contributed by atoms with Crippen LogP contribution in [0.5, 0.6) is 0 Å². The fourth-order valence-corrected chi connectivity index (χ4v) is 2.24. The summed E-state index contributed by atoms with van der Waals surface area (Å²) < 4.78 is 7.41. The standard InChI is InChI=1S/C14H24N4O2/c1-3-15-7-11(2)14(19)17-12-8-16-18(9-12)10-13-5-4-6-20-13/h8-9,11,13,15H,3-7,10H2,1-2H3,(H,17,19). The third-order valence-electron chi connectivity index (χ3n) is 3.46. The second kappa shape index (κ2) is 7.40. The molecule has 0 bridgehead atoms. The lowest BCUT2D eigenvalue weighted by atomic mass is 10.1. The third-order valence-corrected chi connectivity index (χ3v) is 3.46. The number of anilines is 1. The zero-order valence-corrected chi connectivity index (χ0v) is 12.3. The summed E-state index contributed by atoms with van der Waals surface area (Å²) in [6, 6.07) is 0. The Morgan fingerprint density at radius 3 is 3.20 bits per heavy atom. The molecule has 2 heterocycles. The van der Waals surface area contributed by atoms with Crippen LogP contribution in [0.4, 0.5) is 5.69 Å². The molecule has 6 heteroatoms. The van der Waals surface area contributed by atoms with Crippen molar-refractivity contribution in [2.45, 2.75) is 39.3 Å². The van der Waals surface area contributed by atoms with Crippen LogP contribution in [0.1, 0.15) is 26.7 Å². The van der Waals surface area contributed by atoms with Gasteiger partial charge in [-0.15, -0.1) is 0 Å². The van der Waals surface area contributed by atoms with Crippen molar-refractivity contribution in [1.29, 1.82) is 0 Å². The van der Waals surface area contributed by atoms with E-state index >= 15 is 0 Å². The van der Waals surface area contributed by atoms with Crippen LogP contribution in [0.3, 0.4) is 0 Å². The lowest BCUT2D eigenvalue weighted by Gasteiger charge is -2.11. The van der Waals surface area contributed by atoms with E-state index < -0.39 is 0 Å². The summed E-state index contributed by atoms with van der Waals surface area (Å²) in [6.07, 6.45) is 6.01. The van der Waals surface area contributed by atoms with E-state index in [4.69, 9.17) is 4.74 Å². The van der Waals surface area contributed by atoms with Crippen LogP contribution in [0.25, 0.3) is 0 Å². The van der Waals surface area contributed by atoms with Crippen molar-refractivity contribution in [3.63, 3.8) is 0 Å². The third kappa shape index (κ3) is 4.31. The van der Waals surface area contributed by atoms with Crippen molar-refractivity contribution >= 4 is 11.6 Å². The number of nitrogens with zero attached hydrogens (tertiary/aromatic N) is 2. The smallest absolute Gasteiger partial charge is 0.228 e. The summed E-state index contributed by atoms with van der Waals surface area (Å²) in [5, 5.41) is 10.3. The van der Waals surface area contributed by atoms with Crippen LogP contribution in [0.15, 0.2) is 12.4 Å². The molecule has 6 nitrogen and oxygen atoms in total. The molecule has 1 saturated heterocycles. The molecule has 2 N–H and O–H groups in total. The van der Waals surface area contributed by atoms with E-state index in [9.17, 15) is 4.79 Å². The van der Waals surface area contributed by atoms with Gasteiger partial charge in [0, 0.05) is 25.3 Å². The maximum Gasteiger partial charge on any atom is 0.228 e. The molecule has 1 aliphatic rings. The Kier molecular flexibility index (Phi) is 5.55. The molecule has 1 aromatic heterocycles. The number of amides is 1. The monoisotopic (exact) mass is 280 g/mol. The van der Waals surface area contributed by atoms with Gasteiger partial charge in [0.15, 0.2) is 0 Å². The first kappa shape index (κ1) is 15.0. The van der Waals surface area contributed by atoms with E-state index in [0.717, 1.165) is 38.2 Å². The minimum atomic E-state index is -0.0588. The predicted molar refractivity (Wildman–Crippen MR) is 77.5 cm³/mol. The van der Waals surface area contributed by atoms with Crippen LogP contribution in [-0.4, -0.2) is 41.5 Å². The number of rotatable bonds is 7. The van der Waals surface area contributed by atoms with Gasteiger partial charge in [0.1, 0.15) is 0 Å². The van der Waals surface area contributed by atoms with Gasteiger partial charge in [-0.1, -0.05) is 13.8 Å². The number of carbonyl (C=O) groups excluding carboxylic acids is 1. The fourth-order valence-electron chi connectivity index (χ4n) is 2.24. The number of hydrogen-bond acceptors (Lipinski definition) is 4. The Bertz CT molecular complexity index is 427. The summed E-state index contributed by atoms with van der Waals surface area (Å²) in [4.78, 5) is 12.0. The molecule has 0 spiro atoms. The van der Waals surface area contributed by atoms with Gasteiger partial charge in [0.25, 0.3) is 0 Å². The van der Waals surface area contributed by atoms with Gasteiger partial charge in [-0.2, -0.15) is 5.10 Å². The average Bonchev–Trinajstić information content (AvgIpc) is 3.08. The molecular weight excluding hydrogens is 256 g/mol. The molecule has 1 amide bonds. The first-order valence-corrected chi connectivity index (χ1v) is 7.34. The molecule has 112 valence electrons. The molecule has 20 heavy (non-hydrogen) atoms. The zero-order chi connectivity index (χ0) is 14.4. The zero-order valence-electron chi connectivity index (χ0n) is 12.3. The van der Waals surface area contributed by atoms with Crippen molar-refractivity contribution in [2.24, 2.45) is 5.92 Å². The first-order valence-electron chi connectivity index (χ1n) is 7.34. The van der Waals surface area contributed by atoms with Crippen molar-refractivity contribution < 1.29 is 9.53 Å². The number of ether oxygens (including phenoxy) is 1. The molecule has 0 aliphatic carbocycles. The van der Waals surface area contributed by atoms with Crippen LogP contribution >= 0.6 is 0 Å². The van der Waals surface area contributed by atoms with E-state index in [0.29, 0.717) is 6.54 Å². The molecule has 0 saturated carbocycles. The quantitative estimate of drug-likeness (QED) is 0.788. The Labute approximate surface area is 119 Å². The van der Waals surface area contributed by atoms with E-state index in [1.54, 1.807) is 6.20 Å². The summed E-state index contributed by atoms with van der Waals surface area (Å²) in [6.45, 7) is 7.10. The highest BCUT2D eigenvalue weighted by molar-refractivity contribution is 5.92. The van der Waals surface area contributed by atoms with Gasteiger partial charge in [-0.3, -0.25) is 9.48 Å². The number of carbonyl (C=O) groups is 1. The molecule has 1 fully saturated rings. The van der Waals surface area contributed by atoms with Crippen molar-refractivity contribution in [1.82, 2.24) is 15.1 Å². The average molecular weight is 280 g/mol. The van der Waals surface area contributed by atoms with Crippen molar-refractivity contribution in [3.05, 3.63) is 12.4 Å². The summed E-state index contributed by atoms with van der Waals surface area (Å²) in [5.41, 5.74) is 0.747. The molecule has 0 radical (unpaired) electrons. The Balaban J connectivity index is 1.80. The number of hydrogen-bond donors (Lipinski definition) is 2. The lowest BCUT2D eigenvalue weighted by molar-refractivity contribution is -0.119. The van der Waals surface area contributed by atoms with Gasteiger partial charge < -0.3 is 15.4 Å². The Hall–Kier alpha value is -1.40. The predicted octanol–water partition coefficient (Wildman–Crippen LogP) is 1.25. The second-order valence-electron chi connectivity index (χ2n) is 5.28. The van der Waals surface area contributed by atoms with E-state index in [1.165, 1.54) is 0 Å². The van der Waals surface area contributed by atoms with Crippen LogP contribution in [0, 0.1) is 5.92 Å². The largest absolute Gasteiger partial charge is 0.376 e. The summed E-state index contributed by atoms with van der Waals surface area (Å²) >= 11 is 0. The molecule has 2 unspecified atom stereocenters. The molecule has 2 rings (SSSR count). The summed E-state index contributed by atoms with van der Waals surface area (Å²) in [5.74, 6) is -0.0425. The van der Waals surface area contributed by atoms with E-state index in [2.05, 4.69) is 15.7 Å². The van der Waals surface area contributed by atoms with Crippen LogP contribution < -0.4 is 10.6 Å². The van der Waals surface area contributed by atoms with E-state index in [1.807, 2.05) is 24.7 Å². The van der Waals surface area contributed by atoms with Gasteiger partial charge >= 0.3 is 0 Å². The lowest BCUT2D eigenvalue weighted by Crippen LogP contribution is -2.30. The fraction of sp³-hybridized carbons (Fsp3) is 0.714. The van der Waals surface area contributed by atoms with Gasteiger partial charge in [0.05, 0.1) is 24.5 Å². The van der Waals surface area contributed by atoms with E-state index in [-0.39, 0.29) is 17.9 Å².